The van der Waals surface area contributed by atoms with Crippen LogP contribution >= 0.6 is 11.6 Å². The number of hydrogen-bond acceptors (Lipinski definition) is 5. The number of furan rings is 1. The van der Waals surface area contributed by atoms with Gasteiger partial charge in [-0.05, 0) is 66.9 Å². The standard InChI is InChI=1S/C27H20ClNO5/c1-14-7-9-18(11-15(14)2)29-24(17-8-10-20(30)19(28)12-17)23(26(32)27(29)33)25(31)22-13-16-5-3-4-6-21(16)34-22/h3-13,24,30,32H,1-2H3. The van der Waals surface area contributed by atoms with Crippen LogP contribution in [0, 0.1) is 13.8 Å². The van der Waals surface area contributed by atoms with Crippen LogP contribution in [0.2, 0.25) is 5.02 Å². The highest BCUT2D eigenvalue weighted by atomic mass is 35.5. The first-order valence-electron chi connectivity index (χ1n) is 10.6. The number of Topliss-reactive ketones (excluding diaryl/α,β-unsaturated/α-hetero) is 1. The highest BCUT2D eigenvalue weighted by molar-refractivity contribution is 6.32. The molecule has 0 fully saturated rings. The van der Waals surface area contributed by atoms with Crippen LogP contribution in [0.4, 0.5) is 5.69 Å². The van der Waals surface area contributed by atoms with Gasteiger partial charge >= 0.3 is 0 Å². The predicted molar refractivity (Wildman–Crippen MR) is 129 cm³/mol. The molecule has 5 rings (SSSR count). The summed E-state index contributed by atoms with van der Waals surface area (Å²) in [5.74, 6) is -2.10. The molecule has 0 aliphatic carbocycles. The van der Waals surface area contributed by atoms with Gasteiger partial charge in [0.25, 0.3) is 5.91 Å². The Balaban J connectivity index is 1.69. The van der Waals surface area contributed by atoms with Gasteiger partial charge in [-0.25, -0.2) is 0 Å². The lowest BCUT2D eigenvalue weighted by atomic mass is 9.94. The van der Waals surface area contributed by atoms with Crippen molar-refractivity contribution < 1.29 is 24.2 Å². The number of anilines is 1. The molecule has 4 aromatic rings. The van der Waals surface area contributed by atoms with Crippen LogP contribution in [0.3, 0.4) is 0 Å². The number of phenolic OH excluding ortho intramolecular Hbond substituents is 1. The van der Waals surface area contributed by atoms with Crippen molar-refractivity contribution in [3.63, 3.8) is 0 Å². The second-order valence-electron chi connectivity index (χ2n) is 8.30. The molecular weight excluding hydrogens is 454 g/mol. The monoisotopic (exact) mass is 473 g/mol. The van der Waals surface area contributed by atoms with Gasteiger partial charge in [-0.2, -0.15) is 0 Å². The highest BCUT2D eigenvalue weighted by Gasteiger charge is 2.45. The number of benzene rings is 3. The average molecular weight is 474 g/mol. The number of carbonyl (C=O) groups is 2. The molecule has 7 heteroatoms. The smallest absolute Gasteiger partial charge is 0.294 e. The summed E-state index contributed by atoms with van der Waals surface area (Å²) in [6.45, 7) is 3.87. The minimum atomic E-state index is -0.978. The van der Waals surface area contributed by atoms with E-state index in [1.807, 2.05) is 38.1 Å². The summed E-state index contributed by atoms with van der Waals surface area (Å²) in [4.78, 5) is 28.3. The maximum atomic E-state index is 13.6. The summed E-state index contributed by atoms with van der Waals surface area (Å²) < 4.78 is 5.74. The number of rotatable bonds is 4. The van der Waals surface area contributed by atoms with Crippen LogP contribution in [0.1, 0.15) is 33.3 Å². The Hall–Kier alpha value is -4.03. The van der Waals surface area contributed by atoms with E-state index in [-0.39, 0.29) is 22.1 Å². The molecule has 1 aliphatic rings. The molecule has 2 N–H and O–H groups in total. The predicted octanol–water partition coefficient (Wildman–Crippen LogP) is 6.19. The normalized spacial score (nSPS) is 16.0. The Labute approximate surface area is 200 Å². The quantitative estimate of drug-likeness (QED) is 0.345. The summed E-state index contributed by atoms with van der Waals surface area (Å²) in [5, 5.41) is 21.6. The van der Waals surface area contributed by atoms with E-state index in [2.05, 4.69) is 0 Å². The maximum Gasteiger partial charge on any atom is 0.294 e. The van der Waals surface area contributed by atoms with E-state index in [9.17, 15) is 19.8 Å². The van der Waals surface area contributed by atoms with E-state index in [1.165, 1.54) is 17.0 Å². The number of aliphatic hydroxyl groups excluding tert-OH is 1. The summed E-state index contributed by atoms with van der Waals surface area (Å²) in [6.07, 6.45) is 0. The number of halogens is 1. The second kappa shape index (κ2) is 8.08. The van der Waals surface area contributed by atoms with Gasteiger partial charge in [-0.3, -0.25) is 14.5 Å². The van der Waals surface area contributed by atoms with Crippen molar-refractivity contribution in [3.05, 3.63) is 106 Å². The summed E-state index contributed by atoms with van der Waals surface area (Å²) in [6, 6.07) is 17.7. The lowest BCUT2D eigenvalue weighted by molar-refractivity contribution is -0.117. The number of ketones is 1. The number of aryl methyl sites for hydroxylation is 2. The van der Waals surface area contributed by atoms with Crippen LogP contribution < -0.4 is 4.90 Å². The number of hydrogen-bond donors (Lipinski definition) is 2. The molecule has 2 heterocycles. The molecular formula is C27H20ClNO5. The molecule has 6 nitrogen and oxygen atoms in total. The van der Waals surface area contributed by atoms with E-state index in [1.54, 1.807) is 30.3 Å². The van der Waals surface area contributed by atoms with E-state index in [4.69, 9.17) is 16.0 Å². The molecule has 170 valence electrons. The molecule has 3 aromatic carbocycles. The zero-order valence-electron chi connectivity index (χ0n) is 18.4. The van der Waals surface area contributed by atoms with Gasteiger partial charge in [0.1, 0.15) is 11.3 Å². The molecule has 34 heavy (non-hydrogen) atoms. The van der Waals surface area contributed by atoms with Crippen molar-refractivity contribution >= 4 is 39.9 Å². The number of phenols is 1. The number of para-hydroxylation sites is 1. The fourth-order valence-corrected chi connectivity index (χ4v) is 4.40. The van der Waals surface area contributed by atoms with Crippen molar-refractivity contribution in [2.45, 2.75) is 19.9 Å². The number of fused-ring (bicyclic) bond motifs is 1. The first-order chi connectivity index (χ1) is 16.3. The summed E-state index contributed by atoms with van der Waals surface area (Å²) in [7, 11) is 0. The Kier molecular flexibility index (Phi) is 5.18. The third-order valence-corrected chi connectivity index (χ3v) is 6.46. The molecule has 0 saturated heterocycles. The van der Waals surface area contributed by atoms with E-state index >= 15 is 0 Å². The van der Waals surface area contributed by atoms with Crippen molar-refractivity contribution in [3.8, 4) is 5.75 Å². The third kappa shape index (κ3) is 3.43. The fraction of sp³-hybridized carbons (Fsp3) is 0.111. The largest absolute Gasteiger partial charge is 0.506 e. The highest BCUT2D eigenvalue weighted by Crippen LogP contribution is 2.44. The SMILES string of the molecule is Cc1ccc(N2C(=O)C(O)=C(C(=O)c3cc4ccccc4o3)C2c2ccc(O)c(Cl)c2)cc1C. The Bertz CT molecular complexity index is 1480. The van der Waals surface area contributed by atoms with E-state index in [0.29, 0.717) is 16.8 Å². The molecule has 1 atom stereocenters. The first-order valence-corrected chi connectivity index (χ1v) is 11.0. The minimum absolute atomic E-state index is 0.00682. The Morgan fingerprint density at radius 2 is 1.74 bits per heavy atom. The number of carbonyl (C=O) groups excluding carboxylic acids is 2. The molecule has 0 radical (unpaired) electrons. The molecule has 1 amide bonds. The second-order valence-corrected chi connectivity index (χ2v) is 8.70. The molecule has 1 unspecified atom stereocenters. The molecule has 1 aliphatic heterocycles. The number of nitrogens with zero attached hydrogens (tertiary/aromatic N) is 1. The molecule has 0 spiro atoms. The molecule has 1 aromatic heterocycles. The van der Waals surface area contributed by atoms with Crippen molar-refractivity contribution in [1.82, 2.24) is 0 Å². The van der Waals surface area contributed by atoms with Gasteiger partial charge in [-0.15, -0.1) is 0 Å². The Morgan fingerprint density at radius 3 is 2.44 bits per heavy atom. The van der Waals surface area contributed by atoms with Crippen molar-refractivity contribution in [2.24, 2.45) is 0 Å². The molecule has 0 saturated carbocycles. The lowest BCUT2D eigenvalue weighted by Gasteiger charge is -2.27. The fourth-order valence-electron chi connectivity index (χ4n) is 4.21. The van der Waals surface area contributed by atoms with Crippen LogP contribution in [0.5, 0.6) is 5.75 Å². The van der Waals surface area contributed by atoms with Crippen LogP contribution in [-0.2, 0) is 4.79 Å². The lowest BCUT2D eigenvalue weighted by Crippen LogP contribution is -2.31. The first kappa shape index (κ1) is 21.8. The zero-order valence-corrected chi connectivity index (χ0v) is 19.1. The van der Waals surface area contributed by atoms with Gasteiger partial charge < -0.3 is 14.6 Å². The number of aromatic hydroxyl groups is 1. The minimum Gasteiger partial charge on any atom is -0.506 e. The zero-order chi connectivity index (χ0) is 24.1. The average Bonchev–Trinajstić information content (AvgIpc) is 3.36. The van der Waals surface area contributed by atoms with Gasteiger partial charge in [0.05, 0.1) is 16.6 Å². The van der Waals surface area contributed by atoms with Gasteiger partial charge in [0.2, 0.25) is 5.78 Å². The van der Waals surface area contributed by atoms with Crippen LogP contribution in [-0.4, -0.2) is 21.9 Å². The topological polar surface area (TPSA) is 91.0 Å². The Morgan fingerprint density at radius 1 is 0.971 bits per heavy atom. The van der Waals surface area contributed by atoms with E-state index in [0.717, 1.165) is 16.5 Å². The number of aliphatic hydroxyl groups is 1. The summed E-state index contributed by atoms with van der Waals surface area (Å²) >= 11 is 6.17. The van der Waals surface area contributed by atoms with Crippen molar-refractivity contribution in [2.75, 3.05) is 4.90 Å². The summed E-state index contributed by atoms with van der Waals surface area (Å²) in [5.41, 5.74) is 3.36. The van der Waals surface area contributed by atoms with Gasteiger partial charge in [-0.1, -0.05) is 41.9 Å². The van der Waals surface area contributed by atoms with Gasteiger partial charge in [0, 0.05) is 11.1 Å². The maximum absolute atomic E-state index is 13.6. The van der Waals surface area contributed by atoms with Gasteiger partial charge in [0.15, 0.2) is 11.5 Å². The number of amides is 1. The van der Waals surface area contributed by atoms with Crippen LogP contribution in [0.25, 0.3) is 11.0 Å². The van der Waals surface area contributed by atoms with Crippen LogP contribution in [0.15, 0.2) is 82.5 Å². The van der Waals surface area contributed by atoms with E-state index < -0.39 is 23.5 Å². The molecule has 0 bridgehead atoms. The third-order valence-electron chi connectivity index (χ3n) is 6.16. The van der Waals surface area contributed by atoms with Crippen molar-refractivity contribution in [1.29, 1.82) is 0 Å².